The van der Waals surface area contributed by atoms with Crippen LogP contribution in [0.25, 0.3) is 0 Å². The van der Waals surface area contributed by atoms with Gasteiger partial charge in [0.25, 0.3) is 0 Å². The van der Waals surface area contributed by atoms with E-state index >= 15 is 8.78 Å². The van der Waals surface area contributed by atoms with Crippen LogP contribution in [0, 0.1) is 17.3 Å². The normalized spacial score (nSPS) is 33.4. The molecule has 224 valence electrons. The number of fused-ring (bicyclic) bond motifs is 4. The maximum Gasteiger partial charge on any atom is 0.456 e. The fourth-order valence-corrected chi connectivity index (χ4v) is 8.06. The van der Waals surface area contributed by atoms with Crippen LogP contribution in [0.5, 0.6) is 0 Å². The molecular formula is C31H36F5NO4. The number of carbonyl (C=O) groups excluding carboxylic acids is 2. The van der Waals surface area contributed by atoms with Gasteiger partial charge < -0.3 is 15.6 Å². The van der Waals surface area contributed by atoms with Crippen LogP contribution >= 0.6 is 0 Å². The second-order valence-corrected chi connectivity index (χ2v) is 12.5. The van der Waals surface area contributed by atoms with Crippen molar-refractivity contribution in [2.75, 3.05) is 0 Å². The zero-order chi connectivity index (χ0) is 30.1. The first-order valence-electron chi connectivity index (χ1n) is 14.2. The average Bonchev–Trinajstić information content (AvgIpc) is 3.18. The van der Waals surface area contributed by atoms with E-state index in [0.717, 1.165) is 22.3 Å². The number of benzene rings is 1. The third-order valence-electron chi connectivity index (χ3n) is 10.2. The molecule has 1 aromatic rings. The van der Waals surface area contributed by atoms with E-state index in [2.05, 4.69) is 0 Å². The van der Waals surface area contributed by atoms with Gasteiger partial charge in [0.05, 0.1) is 0 Å². The molecule has 0 spiro atoms. The van der Waals surface area contributed by atoms with Crippen molar-refractivity contribution in [3.63, 3.8) is 0 Å². The van der Waals surface area contributed by atoms with E-state index in [1.165, 1.54) is 13.8 Å². The number of carbonyl (C=O) groups is 2. The van der Waals surface area contributed by atoms with Gasteiger partial charge in [-0.1, -0.05) is 36.8 Å². The molecule has 0 saturated heterocycles. The van der Waals surface area contributed by atoms with Gasteiger partial charge in [0.15, 0.2) is 5.78 Å². The molecule has 2 saturated carbocycles. The zero-order valence-corrected chi connectivity index (χ0v) is 23.4. The molecule has 3 N–H and O–H groups in total. The lowest BCUT2D eigenvalue weighted by atomic mass is 9.50. The highest BCUT2D eigenvalue weighted by molar-refractivity contribution is 5.93. The van der Waals surface area contributed by atoms with Crippen molar-refractivity contribution in [3.8, 4) is 0 Å². The Bertz CT molecular complexity index is 1300. The number of nitrogens with two attached hydrogens (primary N) is 1. The van der Waals surface area contributed by atoms with Gasteiger partial charge >= 0.3 is 18.1 Å². The molecule has 4 aliphatic rings. The predicted molar refractivity (Wildman–Crippen MR) is 141 cm³/mol. The van der Waals surface area contributed by atoms with E-state index in [-0.39, 0.29) is 24.5 Å². The fraction of sp³-hybridized carbons (Fsp3) is 0.613. The summed E-state index contributed by atoms with van der Waals surface area (Å²) in [6.45, 7) is 4.61. The molecule has 5 rings (SSSR count). The molecular weight excluding hydrogens is 545 g/mol. The van der Waals surface area contributed by atoms with E-state index < -0.39 is 59.5 Å². The highest BCUT2D eigenvalue weighted by Gasteiger charge is 2.79. The van der Waals surface area contributed by atoms with Crippen molar-refractivity contribution in [3.05, 3.63) is 58.2 Å². The molecule has 1 aromatic carbocycles. The largest absolute Gasteiger partial charge is 0.457 e. The van der Waals surface area contributed by atoms with E-state index in [0.29, 0.717) is 31.2 Å². The van der Waals surface area contributed by atoms with Crippen molar-refractivity contribution in [1.82, 2.24) is 0 Å². The highest BCUT2D eigenvalue weighted by Crippen LogP contribution is 2.70. The average molecular weight is 582 g/mol. The molecule has 5 nitrogen and oxygen atoms in total. The minimum absolute atomic E-state index is 0.0275. The summed E-state index contributed by atoms with van der Waals surface area (Å²) in [5, 5.41) is 11.4. The molecule has 7 atom stereocenters. The standard InChI is InChI=1S/C31H36F5NO4/c1-16(37)27(39)41-17(2)18-4-6-19(7-5-18)24-15-28(3)25(12-13-29(28,40)30(32,33)31(34,35)36)23-10-8-20-14-21(38)9-11-22(20)26(23)24/h4-7,14,16-17,23-25,40H,8-13,15,37H2,1-3H3/t16-,17?,23?,24+,25?,28-,29-/m0/s1. The van der Waals surface area contributed by atoms with Crippen LogP contribution in [0.2, 0.25) is 0 Å². The third kappa shape index (κ3) is 4.56. The number of ether oxygens (including phenoxy) is 1. The van der Waals surface area contributed by atoms with Crippen molar-refractivity contribution in [2.24, 2.45) is 23.0 Å². The Morgan fingerprint density at radius 1 is 1.07 bits per heavy atom. The molecule has 0 radical (unpaired) electrons. The summed E-state index contributed by atoms with van der Waals surface area (Å²) < 4.78 is 76.8. The Morgan fingerprint density at radius 3 is 2.34 bits per heavy atom. The van der Waals surface area contributed by atoms with Crippen molar-refractivity contribution in [2.45, 2.75) is 101 Å². The maximum atomic E-state index is 15.1. The Labute approximate surface area is 236 Å². The van der Waals surface area contributed by atoms with Gasteiger partial charge in [0.2, 0.25) is 0 Å². The first kappa shape index (κ1) is 29.9. The smallest absolute Gasteiger partial charge is 0.456 e. The molecule has 4 aliphatic carbocycles. The van der Waals surface area contributed by atoms with Gasteiger partial charge in [-0.05, 0) is 92.6 Å². The van der Waals surface area contributed by atoms with Crippen LogP contribution in [0.4, 0.5) is 22.0 Å². The summed E-state index contributed by atoms with van der Waals surface area (Å²) >= 11 is 0. The lowest BCUT2D eigenvalue weighted by molar-refractivity contribution is -0.362. The molecule has 2 fully saturated rings. The first-order chi connectivity index (χ1) is 19.0. The molecule has 0 aliphatic heterocycles. The Hall–Kier alpha value is -2.59. The number of aliphatic hydroxyl groups is 1. The van der Waals surface area contributed by atoms with Gasteiger partial charge in [-0.15, -0.1) is 0 Å². The highest BCUT2D eigenvalue weighted by atomic mass is 19.4. The monoisotopic (exact) mass is 581 g/mol. The number of halogens is 5. The quantitative estimate of drug-likeness (QED) is 0.308. The molecule has 0 heterocycles. The molecule has 0 bridgehead atoms. The van der Waals surface area contributed by atoms with Gasteiger partial charge in [-0.2, -0.15) is 22.0 Å². The minimum Gasteiger partial charge on any atom is -0.457 e. The summed E-state index contributed by atoms with van der Waals surface area (Å²) in [6, 6.07) is 6.27. The van der Waals surface area contributed by atoms with E-state index in [9.17, 15) is 27.9 Å². The minimum atomic E-state index is -5.89. The second kappa shape index (κ2) is 10.0. The Kier molecular flexibility index (Phi) is 7.29. The zero-order valence-electron chi connectivity index (χ0n) is 23.4. The number of esters is 1. The van der Waals surface area contributed by atoms with Crippen molar-refractivity contribution in [1.29, 1.82) is 0 Å². The number of ketones is 1. The van der Waals surface area contributed by atoms with E-state index in [1.54, 1.807) is 37.3 Å². The maximum absolute atomic E-state index is 15.1. The number of hydrogen-bond acceptors (Lipinski definition) is 5. The van der Waals surface area contributed by atoms with Gasteiger partial charge in [-0.25, -0.2) is 0 Å². The van der Waals surface area contributed by atoms with Crippen LogP contribution in [-0.2, 0) is 14.3 Å². The molecule has 0 aromatic heterocycles. The predicted octanol–water partition coefficient (Wildman–Crippen LogP) is 6.47. The van der Waals surface area contributed by atoms with Gasteiger partial charge in [0.1, 0.15) is 17.7 Å². The van der Waals surface area contributed by atoms with Crippen LogP contribution < -0.4 is 5.73 Å². The van der Waals surface area contributed by atoms with E-state index in [1.807, 2.05) is 0 Å². The van der Waals surface area contributed by atoms with Crippen LogP contribution in [0.1, 0.15) is 88.9 Å². The Balaban J connectivity index is 1.60. The summed E-state index contributed by atoms with van der Waals surface area (Å²) in [7, 11) is 0. The molecule has 41 heavy (non-hydrogen) atoms. The summed E-state index contributed by atoms with van der Waals surface area (Å²) in [6.07, 6.45) is -3.64. The van der Waals surface area contributed by atoms with Crippen LogP contribution in [-0.4, -0.2) is 40.6 Å². The number of allylic oxidation sites excluding steroid dienone is 4. The molecule has 0 amide bonds. The lowest BCUT2D eigenvalue weighted by Gasteiger charge is -2.56. The number of rotatable bonds is 5. The van der Waals surface area contributed by atoms with Crippen LogP contribution in [0.3, 0.4) is 0 Å². The summed E-state index contributed by atoms with van der Waals surface area (Å²) in [5.41, 5.74) is 4.95. The summed E-state index contributed by atoms with van der Waals surface area (Å²) in [4.78, 5) is 24.2. The van der Waals surface area contributed by atoms with Gasteiger partial charge in [-0.3, -0.25) is 9.59 Å². The number of hydrogen-bond donors (Lipinski definition) is 2. The Morgan fingerprint density at radius 2 is 1.73 bits per heavy atom. The summed E-state index contributed by atoms with van der Waals surface area (Å²) in [5.74, 6) is -7.20. The fourth-order valence-electron chi connectivity index (χ4n) is 8.06. The van der Waals surface area contributed by atoms with Crippen LogP contribution in [0.15, 0.2) is 47.1 Å². The van der Waals surface area contributed by atoms with Crippen molar-refractivity contribution >= 4 is 11.8 Å². The second-order valence-electron chi connectivity index (χ2n) is 12.5. The topological polar surface area (TPSA) is 89.6 Å². The molecule has 10 heteroatoms. The molecule has 3 unspecified atom stereocenters. The first-order valence-corrected chi connectivity index (χ1v) is 14.2. The van der Waals surface area contributed by atoms with Crippen molar-refractivity contribution < 1.29 is 41.4 Å². The third-order valence-corrected chi connectivity index (χ3v) is 10.2. The number of alkyl halides is 5. The lowest BCUT2D eigenvalue weighted by Crippen LogP contribution is -2.65. The van der Waals surface area contributed by atoms with Gasteiger partial charge in [0, 0.05) is 17.8 Å². The van der Waals surface area contributed by atoms with E-state index in [4.69, 9.17) is 10.5 Å². The SMILES string of the molecule is CC(OC(=O)[C@H](C)N)c1ccc([C@H]2C[C@@]3(C)C(CC[C@@]3(O)C(F)(F)C(F)(F)F)C3CCC4=CC(=O)CCC4=C32)cc1.